The Hall–Kier alpha value is -1.83. The summed E-state index contributed by atoms with van der Waals surface area (Å²) in [4.78, 5) is 4.30. The van der Waals surface area contributed by atoms with Gasteiger partial charge in [0.05, 0.1) is 0 Å². The fraction of sp³-hybridized carbons (Fsp3) is 0.353. The lowest BCUT2D eigenvalue weighted by atomic mass is 9.84. The van der Waals surface area contributed by atoms with Gasteiger partial charge in [0, 0.05) is 30.0 Å². The SMILES string of the molecule is Cc1cccc2c1NC1CCC(c3cccnc3)C21. The first-order valence-electron chi connectivity index (χ1n) is 7.10. The lowest BCUT2D eigenvalue weighted by Gasteiger charge is -2.19. The molecular formula is C17H18N2. The molecule has 96 valence electrons. The van der Waals surface area contributed by atoms with Crippen LogP contribution in [0.3, 0.4) is 0 Å². The average Bonchev–Trinajstić information content (AvgIpc) is 3.00. The Morgan fingerprint density at radius 2 is 2.11 bits per heavy atom. The standard InChI is InChI=1S/C17H18N2/c1-11-4-2-6-14-16-13(12-5-3-9-18-10-12)7-8-15(16)19-17(11)14/h2-6,9-10,13,15-16,19H,7-8H2,1H3. The number of pyridine rings is 1. The number of para-hydroxylation sites is 1. The minimum Gasteiger partial charge on any atom is -0.381 e. The van der Waals surface area contributed by atoms with Gasteiger partial charge in [0.2, 0.25) is 0 Å². The van der Waals surface area contributed by atoms with Crippen molar-refractivity contribution in [1.29, 1.82) is 0 Å². The first-order chi connectivity index (χ1) is 9.34. The van der Waals surface area contributed by atoms with Crippen LogP contribution in [0.1, 0.15) is 41.4 Å². The van der Waals surface area contributed by atoms with Gasteiger partial charge in [-0.3, -0.25) is 4.98 Å². The fourth-order valence-corrected chi connectivity index (χ4v) is 3.91. The largest absolute Gasteiger partial charge is 0.381 e. The third-order valence-corrected chi connectivity index (χ3v) is 4.76. The van der Waals surface area contributed by atoms with Gasteiger partial charge >= 0.3 is 0 Å². The molecule has 1 saturated carbocycles. The molecule has 2 heterocycles. The second-order valence-corrected chi connectivity index (χ2v) is 5.79. The molecule has 3 unspecified atom stereocenters. The maximum Gasteiger partial charge on any atom is 0.0408 e. The lowest BCUT2D eigenvalue weighted by Crippen LogP contribution is -2.16. The first kappa shape index (κ1) is 11.0. The van der Waals surface area contributed by atoms with E-state index in [9.17, 15) is 0 Å². The summed E-state index contributed by atoms with van der Waals surface area (Å²) in [6, 6.07) is 11.6. The number of nitrogens with one attached hydrogen (secondary N) is 1. The fourth-order valence-electron chi connectivity index (χ4n) is 3.91. The molecule has 1 N–H and O–H groups in total. The van der Waals surface area contributed by atoms with Crippen molar-refractivity contribution in [2.45, 2.75) is 37.6 Å². The third kappa shape index (κ3) is 1.59. The molecule has 0 radical (unpaired) electrons. The number of nitrogens with zero attached hydrogens (tertiary/aromatic N) is 1. The van der Waals surface area contributed by atoms with Gasteiger partial charge in [0.15, 0.2) is 0 Å². The van der Waals surface area contributed by atoms with Crippen molar-refractivity contribution in [2.75, 3.05) is 5.32 Å². The zero-order chi connectivity index (χ0) is 12.8. The van der Waals surface area contributed by atoms with Gasteiger partial charge in [-0.05, 0) is 48.4 Å². The van der Waals surface area contributed by atoms with E-state index in [1.807, 2.05) is 12.4 Å². The molecule has 0 saturated heterocycles. The van der Waals surface area contributed by atoms with E-state index >= 15 is 0 Å². The Balaban J connectivity index is 1.78. The molecule has 1 aromatic carbocycles. The predicted octanol–water partition coefficient (Wildman–Crippen LogP) is 3.85. The molecule has 2 heteroatoms. The normalized spacial score (nSPS) is 27.7. The van der Waals surface area contributed by atoms with E-state index in [-0.39, 0.29) is 0 Å². The number of aromatic nitrogens is 1. The van der Waals surface area contributed by atoms with Crippen molar-refractivity contribution in [1.82, 2.24) is 4.98 Å². The molecule has 0 spiro atoms. The van der Waals surface area contributed by atoms with Crippen molar-refractivity contribution < 1.29 is 0 Å². The van der Waals surface area contributed by atoms with Crippen LogP contribution >= 0.6 is 0 Å². The summed E-state index contributed by atoms with van der Waals surface area (Å²) in [5.41, 5.74) is 5.66. The Morgan fingerprint density at radius 3 is 2.95 bits per heavy atom. The molecule has 1 aliphatic heterocycles. The van der Waals surface area contributed by atoms with Crippen LogP contribution in [-0.2, 0) is 0 Å². The van der Waals surface area contributed by atoms with Gasteiger partial charge in [-0.1, -0.05) is 24.3 Å². The topological polar surface area (TPSA) is 24.9 Å². The molecular weight excluding hydrogens is 232 g/mol. The molecule has 2 nitrogen and oxygen atoms in total. The molecule has 19 heavy (non-hydrogen) atoms. The molecule has 1 aliphatic carbocycles. The Morgan fingerprint density at radius 1 is 1.16 bits per heavy atom. The first-order valence-corrected chi connectivity index (χ1v) is 7.10. The summed E-state index contributed by atoms with van der Waals surface area (Å²) in [5, 5.41) is 3.74. The highest BCUT2D eigenvalue weighted by atomic mass is 15.0. The van der Waals surface area contributed by atoms with Crippen molar-refractivity contribution in [3.63, 3.8) is 0 Å². The van der Waals surface area contributed by atoms with Crippen LogP contribution in [0.15, 0.2) is 42.7 Å². The van der Waals surface area contributed by atoms with Gasteiger partial charge in [-0.15, -0.1) is 0 Å². The van der Waals surface area contributed by atoms with Gasteiger partial charge in [0.1, 0.15) is 0 Å². The number of benzene rings is 1. The van der Waals surface area contributed by atoms with Gasteiger partial charge in [-0.2, -0.15) is 0 Å². The molecule has 2 aliphatic rings. The average molecular weight is 250 g/mol. The Labute approximate surface area is 113 Å². The van der Waals surface area contributed by atoms with Crippen LogP contribution < -0.4 is 5.32 Å². The van der Waals surface area contributed by atoms with E-state index in [1.54, 1.807) is 0 Å². The van der Waals surface area contributed by atoms with Crippen LogP contribution in [0, 0.1) is 6.92 Å². The Bertz CT molecular complexity index is 606. The molecule has 0 bridgehead atoms. The second-order valence-electron chi connectivity index (χ2n) is 5.79. The van der Waals surface area contributed by atoms with E-state index in [0.29, 0.717) is 17.9 Å². The van der Waals surface area contributed by atoms with Crippen LogP contribution in [0.2, 0.25) is 0 Å². The van der Waals surface area contributed by atoms with Gasteiger partial charge in [0.25, 0.3) is 0 Å². The van der Waals surface area contributed by atoms with E-state index in [0.717, 1.165) is 0 Å². The van der Waals surface area contributed by atoms with Crippen LogP contribution in [0.5, 0.6) is 0 Å². The smallest absolute Gasteiger partial charge is 0.0408 e. The molecule has 2 aromatic rings. The van der Waals surface area contributed by atoms with Crippen molar-refractivity contribution in [3.05, 3.63) is 59.4 Å². The quantitative estimate of drug-likeness (QED) is 0.831. The van der Waals surface area contributed by atoms with Crippen molar-refractivity contribution >= 4 is 5.69 Å². The summed E-state index contributed by atoms with van der Waals surface area (Å²) in [6.45, 7) is 2.20. The molecule has 3 atom stereocenters. The number of hydrogen-bond acceptors (Lipinski definition) is 2. The van der Waals surface area contributed by atoms with E-state index in [2.05, 4.69) is 47.6 Å². The number of hydrogen-bond donors (Lipinski definition) is 1. The van der Waals surface area contributed by atoms with Crippen LogP contribution in [0.25, 0.3) is 0 Å². The molecule has 1 aromatic heterocycles. The third-order valence-electron chi connectivity index (χ3n) is 4.76. The van der Waals surface area contributed by atoms with Crippen molar-refractivity contribution in [3.8, 4) is 0 Å². The maximum atomic E-state index is 4.30. The van der Waals surface area contributed by atoms with Crippen LogP contribution in [0.4, 0.5) is 5.69 Å². The highest BCUT2D eigenvalue weighted by Crippen LogP contribution is 2.53. The van der Waals surface area contributed by atoms with E-state index in [1.165, 1.54) is 35.2 Å². The summed E-state index contributed by atoms with van der Waals surface area (Å²) in [7, 11) is 0. The summed E-state index contributed by atoms with van der Waals surface area (Å²) in [5.74, 6) is 1.24. The monoisotopic (exact) mass is 250 g/mol. The summed E-state index contributed by atoms with van der Waals surface area (Å²) >= 11 is 0. The van der Waals surface area contributed by atoms with Gasteiger partial charge in [-0.25, -0.2) is 0 Å². The minimum atomic E-state index is 0.612. The van der Waals surface area contributed by atoms with E-state index in [4.69, 9.17) is 0 Å². The molecule has 0 amide bonds. The molecule has 4 rings (SSSR count). The maximum absolute atomic E-state index is 4.30. The summed E-state index contributed by atoms with van der Waals surface area (Å²) < 4.78 is 0. The zero-order valence-corrected chi connectivity index (χ0v) is 11.1. The highest BCUT2D eigenvalue weighted by molar-refractivity contribution is 5.65. The number of fused-ring (bicyclic) bond motifs is 3. The van der Waals surface area contributed by atoms with Gasteiger partial charge < -0.3 is 5.32 Å². The van der Waals surface area contributed by atoms with E-state index < -0.39 is 0 Å². The van der Waals surface area contributed by atoms with Crippen LogP contribution in [-0.4, -0.2) is 11.0 Å². The predicted molar refractivity (Wildman–Crippen MR) is 77.5 cm³/mol. The Kier molecular flexibility index (Phi) is 2.37. The second kappa shape index (κ2) is 4.09. The number of aryl methyl sites for hydroxylation is 1. The lowest BCUT2D eigenvalue weighted by molar-refractivity contribution is 0.614. The number of rotatable bonds is 1. The summed E-state index contributed by atoms with van der Waals surface area (Å²) in [6.07, 6.45) is 6.43. The molecule has 1 fully saturated rings. The highest BCUT2D eigenvalue weighted by Gasteiger charge is 2.43. The van der Waals surface area contributed by atoms with Crippen molar-refractivity contribution in [2.24, 2.45) is 0 Å². The number of anilines is 1. The minimum absolute atomic E-state index is 0.612. The zero-order valence-electron chi connectivity index (χ0n) is 11.1.